The molecule has 0 spiro atoms. The molecule has 0 saturated heterocycles. The fraction of sp³-hybridized carbons (Fsp3) is 0.294. The summed E-state index contributed by atoms with van der Waals surface area (Å²) in [6.07, 6.45) is 0.745. The minimum atomic E-state index is -0.198. The number of hydrogen-bond acceptors (Lipinski definition) is 3. The summed E-state index contributed by atoms with van der Waals surface area (Å²) in [5.74, 6) is 0.413. The number of benzene rings is 1. The summed E-state index contributed by atoms with van der Waals surface area (Å²) < 4.78 is 14.2. The van der Waals surface area contributed by atoms with Gasteiger partial charge in [-0.25, -0.2) is 9.37 Å². The van der Waals surface area contributed by atoms with Crippen molar-refractivity contribution < 1.29 is 4.39 Å². The highest BCUT2D eigenvalue weighted by Crippen LogP contribution is 2.37. The number of aromatic nitrogens is 1. The fourth-order valence-electron chi connectivity index (χ4n) is 3.03. The summed E-state index contributed by atoms with van der Waals surface area (Å²) >= 11 is 6.30. The van der Waals surface area contributed by atoms with Crippen molar-refractivity contribution in [1.82, 2.24) is 4.98 Å². The van der Waals surface area contributed by atoms with E-state index in [0.717, 1.165) is 18.5 Å². The Morgan fingerprint density at radius 1 is 1.45 bits per heavy atom. The first kappa shape index (κ1) is 14.8. The molecule has 1 aliphatic rings. The molecule has 0 fully saturated rings. The molecule has 0 radical (unpaired) electrons. The lowest BCUT2D eigenvalue weighted by Crippen LogP contribution is -2.35. The van der Waals surface area contributed by atoms with Gasteiger partial charge in [0.05, 0.1) is 22.3 Å². The molecule has 112 valence electrons. The van der Waals surface area contributed by atoms with E-state index in [2.05, 4.69) is 11.1 Å². The lowest BCUT2D eigenvalue weighted by Gasteiger charge is -2.37. The van der Waals surface area contributed by atoms with E-state index in [0.29, 0.717) is 27.7 Å². The van der Waals surface area contributed by atoms with Crippen LogP contribution in [0.15, 0.2) is 24.3 Å². The highest BCUT2D eigenvalue weighted by atomic mass is 35.5. The van der Waals surface area contributed by atoms with Gasteiger partial charge in [-0.2, -0.15) is 5.26 Å². The van der Waals surface area contributed by atoms with E-state index in [4.69, 9.17) is 16.9 Å². The van der Waals surface area contributed by atoms with Crippen molar-refractivity contribution in [3.05, 3.63) is 57.5 Å². The fourth-order valence-corrected chi connectivity index (χ4v) is 3.29. The van der Waals surface area contributed by atoms with Gasteiger partial charge in [-0.1, -0.05) is 23.7 Å². The van der Waals surface area contributed by atoms with Crippen LogP contribution in [0.5, 0.6) is 0 Å². The number of aryl methyl sites for hydroxylation is 1. The van der Waals surface area contributed by atoms with Gasteiger partial charge in [-0.05, 0) is 38.0 Å². The van der Waals surface area contributed by atoms with Crippen molar-refractivity contribution in [1.29, 1.82) is 5.26 Å². The maximum Gasteiger partial charge on any atom is 0.148 e. The second-order valence-electron chi connectivity index (χ2n) is 5.47. The minimum Gasteiger partial charge on any atom is -0.348 e. The van der Waals surface area contributed by atoms with E-state index in [1.165, 1.54) is 6.07 Å². The Bertz CT molecular complexity index is 782. The number of nitrogens with zero attached hydrogens (tertiary/aromatic N) is 3. The summed E-state index contributed by atoms with van der Waals surface area (Å²) in [5, 5.41) is 9.48. The summed E-state index contributed by atoms with van der Waals surface area (Å²) in [5.41, 5.74) is 2.83. The zero-order valence-corrected chi connectivity index (χ0v) is 13.2. The molecule has 1 aromatic heterocycles. The lowest BCUT2D eigenvalue weighted by atomic mass is 9.93. The van der Waals surface area contributed by atoms with Crippen LogP contribution in [0.3, 0.4) is 0 Å². The van der Waals surface area contributed by atoms with Crippen LogP contribution in [-0.2, 0) is 6.42 Å². The smallest absolute Gasteiger partial charge is 0.148 e. The molecule has 1 unspecified atom stereocenters. The Balaban J connectivity index is 2.07. The van der Waals surface area contributed by atoms with Gasteiger partial charge in [-0.15, -0.1) is 0 Å². The van der Waals surface area contributed by atoms with E-state index in [9.17, 15) is 4.39 Å². The van der Waals surface area contributed by atoms with Gasteiger partial charge in [0.1, 0.15) is 17.7 Å². The van der Waals surface area contributed by atoms with Gasteiger partial charge >= 0.3 is 0 Å². The summed E-state index contributed by atoms with van der Waals surface area (Å²) in [4.78, 5) is 6.47. The maximum atomic E-state index is 14.2. The maximum absolute atomic E-state index is 14.2. The van der Waals surface area contributed by atoms with Crippen LogP contribution in [0.4, 0.5) is 10.2 Å². The van der Waals surface area contributed by atoms with Crippen molar-refractivity contribution in [2.45, 2.75) is 26.3 Å². The van der Waals surface area contributed by atoms with E-state index < -0.39 is 0 Å². The summed E-state index contributed by atoms with van der Waals surface area (Å²) in [7, 11) is 0. The van der Waals surface area contributed by atoms with Gasteiger partial charge in [0, 0.05) is 12.1 Å². The molecule has 0 aliphatic carbocycles. The van der Waals surface area contributed by atoms with Crippen molar-refractivity contribution in [3.8, 4) is 6.07 Å². The van der Waals surface area contributed by atoms with Crippen LogP contribution in [-0.4, -0.2) is 11.5 Å². The molecule has 2 aromatic rings. The molecular weight excluding hydrogens is 301 g/mol. The van der Waals surface area contributed by atoms with Crippen molar-refractivity contribution in [3.63, 3.8) is 0 Å². The van der Waals surface area contributed by atoms with Crippen molar-refractivity contribution in [2.24, 2.45) is 0 Å². The Morgan fingerprint density at radius 2 is 2.23 bits per heavy atom. The van der Waals surface area contributed by atoms with Crippen LogP contribution in [0.2, 0.25) is 5.02 Å². The number of fused-ring (bicyclic) bond motifs is 1. The van der Waals surface area contributed by atoms with Crippen molar-refractivity contribution >= 4 is 17.4 Å². The zero-order chi connectivity index (χ0) is 15.9. The summed E-state index contributed by atoms with van der Waals surface area (Å²) in [6.45, 7) is 4.45. The van der Waals surface area contributed by atoms with Gasteiger partial charge in [0.15, 0.2) is 0 Å². The average Bonchev–Trinajstić information content (AvgIpc) is 2.50. The molecule has 3 nitrogen and oxygen atoms in total. The molecule has 0 bridgehead atoms. The topological polar surface area (TPSA) is 39.9 Å². The van der Waals surface area contributed by atoms with Crippen molar-refractivity contribution in [2.75, 3.05) is 11.4 Å². The lowest BCUT2D eigenvalue weighted by molar-refractivity contribution is 0.545. The Labute approximate surface area is 134 Å². The van der Waals surface area contributed by atoms with Gasteiger partial charge in [-0.3, -0.25) is 0 Å². The molecule has 0 saturated carbocycles. The molecule has 2 heterocycles. The molecule has 5 heteroatoms. The second-order valence-corrected chi connectivity index (χ2v) is 5.88. The average molecular weight is 316 g/mol. The Hall–Kier alpha value is -2.12. The minimum absolute atomic E-state index is 0.151. The highest BCUT2D eigenvalue weighted by Gasteiger charge is 2.29. The van der Waals surface area contributed by atoms with Gasteiger partial charge < -0.3 is 4.90 Å². The van der Waals surface area contributed by atoms with E-state index >= 15 is 0 Å². The number of nitriles is 1. The van der Waals surface area contributed by atoms with Crippen LogP contribution in [0.25, 0.3) is 0 Å². The number of halogens is 2. The van der Waals surface area contributed by atoms with Crippen LogP contribution in [0.1, 0.15) is 35.3 Å². The zero-order valence-electron chi connectivity index (χ0n) is 12.4. The largest absolute Gasteiger partial charge is 0.348 e. The number of hydrogen-bond donors (Lipinski definition) is 0. The SMILES string of the molecule is Cc1nc(N2CCc3cccc(F)c3C2C)c(Cl)cc1C#N. The van der Waals surface area contributed by atoms with E-state index in [1.807, 2.05) is 17.9 Å². The van der Waals surface area contributed by atoms with Gasteiger partial charge in [0.2, 0.25) is 0 Å². The Kier molecular flexibility index (Phi) is 3.76. The third-order valence-corrected chi connectivity index (χ3v) is 4.47. The normalized spacial score (nSPS) is 17.0. The predicted molar refractivity (Wildman–Crippen MR) is 84.6 cm³/mol. The van der Waals surface area contributed by atoms with Crippen LogP contribution >= 0.6 is 11.6 Å². The number of pyridine rings is 1. The molecule has 0 amide bonds. The predicted octanol–water partition coefficient (Wildman–Crippen LogP) is 4.18. The molecular formula is C17H15ClFN3. The standard InChI is InChI=1S/C17H15ClFN3/c1-10-13(9-20)8-14(18)17(21-10)22-7-6-12-4-3-5-15(19)16(12)11(22)2/h3-5,8,11H,6-7H2,1-2H3. The third-order valence-electron chi connectivity index (χ3n) is 4.19. The second kappa shape index (κ2) is 5.58. The molecule has 3 rings (SSSR count). The van der Waals surface area contributed by atoms with E-state index in [1.54, 1.807) is 19.1 Å². The third kappa shape index (κ3) is 2.32. The number of anilines is 1. The molecule has 22 heavy (non-hydrogen) atoms. The Morgan fingerprint density at radius 3 is 2.95 bits per heavy atom. The first-order valence-corrected chi connectivity index (χ1v) is 7.52. The monoisotopic (exact) mass is 315 g/mol. The highest BCUT2D eigenvalue weighted by molar-refractivity contribution is 6.33. The van der Waals surface area contributed by atoms with E-state index in [-0.39, 0.29) is 11.9 Å². The van der Waals surface area contributed by atoms with Crippen LogP contribution < -0.4 is 4.90 Å². The van der Waals surface area contributed by atoms with Gasteiger partial charge in [0.25, 0.3) is 0 Å². The van der Waals surface area contributed by atoms with Crippen LogP contribution in [0, 0.1) is 24.1 Å². The molecule has 1 aliphatic heterocycles. The molecule has 0 N–H and O–H groups in total. The first-order valence-electron chi connectivity index (χ1n) is 7.14. The number of rotatable bonds is 1. The molecule has 1 aromatic carbocycles. The molecule has 1 atom stereocenters. The quantitative estimate of drug-likeness (QED) is 0.792. The first-order chi connectivity index (χ1) is 10.5. The summed E-state index contributed by atoms with van der Waals surface area (Å²) in [6, 6.07) is 8.75.